The molecule has 2 saturated carbocycles. The average molecular weight is 254 g/mol. The van der Waals surface area contributed by atoms with Gasteiger partial charge in [-0.3, -0.25) is 0 Å². The summed E-state index contributed by atoms with van der Waals surface area (Å²) in [6, 6.07) is 0. The van der Waals surface area contributed by atoms with Crippen molar-refractivity contribution in [2.24, 2.45) is 22.7 Å². The SMILES string of the molecule is CO[C@H]1CC(C)(C)[C@@H]2CCC(C)[C@H](O)CC[C@@]12C. The molecule has 18 heavy (non-hydrogen) atoms. The van der Waals surface area contributed by atoms with Crippen molar-refractivity contribution < 1.29 is 9.84 Å². The molecule has 106 valence electrons. The van der Waals surface area contributed by atoms with E-state index in [4.69, 9.17) is 4.74 Å². The second kappa shape index (κ2) is 4.79. The first-order chi connectivity index (χ1) is 8.31. The van der Waals surface area contributed by atoms with Gasteiger partial charge in [-0.2, -0.15) is 0 Å². The number of hydrogen-bond donors (Lipinski definition) is 1. The largest absolute Gasteiger partial charge is 0.393 e. The summed E-state index contributed by atoms with van der Waals surface area (Å²) in [4.78, 5) is 0. The summed E-state index contributed by atoms with van der Waals surface area (Å²) in [5.41, 5.74) is 0.622. The van der Waals surface area contributed by atoms with Crippen LogP contribution in [0.15, 0.2) is 0 Å². The van der Waals surface area contributed by atoms with Gasteiger partial charge in [-0.1, -0.05) is 27.7 Å². The fraction of sp³-hybridized carbons (Fsp3) is 1.00. The van der Waals surface area contributed by atoms with Gasteiger partial charge in [-0.05, 0) is 54.8 Å². The fourth-order valence-electron chi connectivity index (χ4n) is 4.74. The van der Waals surface area contributed by atoms with Crippen molar-refractivity contribution in [2.75, 3.05) is 7.11 Å². The Kier molecular flexibility index (Phi) is 3.81. The van der Waals surface area contributed by atoms with E-state index < -0.39 is 0 Å². The third-order valence-corrected chi connectivity index (χ3v) is 6.02. The molecule has 0 saturated heterocycles. The summed E-state index contributed by atoms with van der Waals surface area (Å²) in [5.74, 6) is 1.18. The Balaban J connectivity index is 2.26. The Labute approximate surface area is 112 Å². The monoisotopic (exact) mass is 254 g/mol. The van der Waals surface area contributed by atoms with Crippen LogP contribution in [0.1, 0.15) is 59.8 Å². The number of aliphatic hydroxyl groups excluding tert-OH is 1. The van der Waals surface area contributed by atoms with Gasteiger partial charge >= 0.3 is 0 Å². The lowest BCUT2D eigenvalue weighted by Crippen LogP contribution is -2.39. The van der Waals surface area contributed by atoms with Crippen LogP contribution < -0.4 is 0 Å². The Bertz CT molecular complexity index is 299. The third-order valence-electron chi connectivity index (χ3n) is 6.02. The minimum atomic E-state index is -0.121. The molecular formula is C16H30O2. The standard InChI is InChI=1S/C16H30O2/c1-11-6-7-13-15(2,3)10-14(18-5)16(13,4)9-8-12(11)17/h11-14,17H,6-10H2,1-5H3/t11?,12-,13+,14+,16-/m1/s1. The van der Waals surface area contributed by atoms with Gasteiger partial charge in [-0.15, -0.1) is 0 Å². The number of rotatable bonds is 1. The van der Waals surface area contributed by atoms with Crippen molar-refractivity contribution >= 4 is 0 Å². The van der Waals surface area contributed by atoms with Crippen LogP contribution in [0.5, 0.6) is 0 Å². The minimum Gasteiger partial charge on any atom is -0.393 e. The zero-order valence-corrected chi connectivity index (χ0v) is 12.7. The van der Waals surface area contributed by atoms with E-state index in [-0.39, 0.29) is 11.5 Å². The molecule has 2 heteroatoms. The van der Waals surface area contributed by atoms with E-state index >= 15 is 0 Å². The summed E-state index contributed by atoms with van der Waals surface area (Å²) < 4.78 is 5.80. The van der Waals surface area contributed by atoms with E-state index in [2.05, 4.69) is 27.7 Å². The maximum atomic E-state index is 10.2. The van der Waals surface area contributed by atoms with Crippen LogP contribution in [0.4, 0.5) is 0 Å². The summed E-state index contributed by atoms with van der Waals surface area (Å²) in [5, 5.41) is 10.2. The Hall–Kier alpha value is -0.0800. The van der Waals surface area contributed by atoms with Crippen LogP contribution in [0.3, 0.4) is 0 Å². The topological polar surface area (TPSA) is 29.5 Å². The van der Waals surface area contributed by atoms with Gasteiger partial charge in [0.2, 0.25) is 0 Å². The highest BCUT2D eigenvalue weighted by atomic mass is 16.5. The molecule has 0 spiro atoms. The van der Waals surface area contributed by atoms with Crippen molar-refractivity contribution in [1.29, 1.82) is 0 Å². The highest BCUT2D eigenvalue weighted by Gasteiger charge is 2.56. The van der Waals surface area contributed by atoms with E-state index in [0.717, 1.165) is 31.6 Å². The molecule has 1 unspecified atom stereocenters. The maximum Gasteiger partial charge on any atom is 0.0632 e. The van der Waals surface area contributed by atoms with Crippen molar-refractivity contribution in [1.82, 2.24) is 0 Å². The quantitative estimate of drug-likeness (QED) is 0.774. The highest BCUT2D eigenvalue weighted by Crippen LogP contribution is 2.59. The van der Waals surface area contributed by atoms with E-state index in [1.54, 1.807) is 0 Å². The zero-order chi connectivity index (χ0) is 13.6. The summed E-state index contributed by atoms with van der Waals surface area (Å²) in [7, 11) is 1.85. The summed E-state index contributed by atoms with van der Waals surface area (Å²) in [6.07, 6.45) is 5.83. The molecular weight excluding hydrogens is 224 g/mol. The van der Waals surface area contributed by atoms with Crippen LogP contribution >= 0.6 is 0 Å². The van der Waals surface area contributed by atoms with Gasteiger partial charge < -0.3 is 9.84 Å². The number of methoxy groups -OCH3 is 1. The first kappa shape index (κ1) is 14.3. The molecule has 2 rings (SSSR count). The number of fused-ring (bicyclic) bond motifs is 1. The molecule has 2 aliphatic rings. The van der Waals surface area contributed by atoms with Crippen molar-refractivity contribution in [3.05, 3.63) is 0 Å². The van der Waals surface area contributed by atoms with E-state index in [0.29, 0.717) is 17.4 Å². The summed E-state index contributed by atoms with van der Waals surface area (Å²) in [6.45, 7) is 9.39. The van der Waals surface area contributed by atoms with E-state index in [9.17, 15) is 5.11 Å². The molecule has 0 aromatic heterocycles. The molecule has 0 aliphatic heterocycles. The van der Waals surface area contributed by atoms with Gasteiger partial charge in [0.1, 0.15) is 0 Å². The minimum absolute atomic E-state index is 0.121. The lowest BCUT2D eigenvalue weighted by molar-refractivity contribution is -0.0335. The second-order valence-corrected chi connectivity index (χ2v) is 7.64. The first-order valence-corrected chi connectivity index (χ1v) is 7.52. The Morgan fingerprint density at radius 2 is 1.78 bits per heavy atom. The Morgan fingerprint density at radius 3 is 2.39 bits per heavy atom. The molecule has 5 atom stereocenters. The van der Waals surface area contributed by atoms with Crippen LogP contribution in [-0.4, -0.2) is 24.4 Å². The van der Waals surface area contributed by atoms with Crippen molar-refractivity contribution in [2.45, 2.75) is 72.0 Å². The third kappa shape index (κ3) is 2.22. The van der Waals surface area contributed by atoms with Crippen LogP contribution in [-0.2, 0) is 4.74 Å². The summed E-state index contributed by atoms with van der Waals surface area (Å²) >= 11 is 0. The molecule has 0 amide bonds. The molecule has 2 fully saturated rings. The lowest BCUT2D eigenvalue weighted by Gasteiger charge is -2.43. The zero-order valence-electron chi connectivity index (χ0n) is 12.7. The van der Waals surface area contributed by atoms with Gasteiger partial charge in [0.25, 0.3) is 0 Å². The van der Waals surface area contributed by atoms with E-state index in [1.807, 2.05) is 7.11 Å². The van der Waals surface area contributed by atoms with Gasteiger partial charge in [0, 0.05) is 7.11 Å². The second-order valence-electron chi connectivity index (χ2n) is 7.64. The number of aliphatic hydroxyl groups is 1. The van der Waals surface area contributed by atoms with Crippen molar-refractivity contribution in [3.63, 3.8) is 0 Å². The normalized spacial score (nSPS) is 48.3. The Morgan fingerprint density at radius 1 is 1.11 bits per heavy atom. The van der Waals surface area contributed by atoms with Crippen LogP contribution in [0.2, 0.25) is 0 Å². The predicted octanol–water partition coefficient (Wildman–Crippen LogP) is 3.62. The maximum absolute atomic E-state index is 10.2. The molecule has 0 bridgehead atoms. The molecule has 0 radical (unpaired) electrons. The van der Waals surface area contributed by atoms with Gasteiger partial charge in [0.05, 0.1) is 12.2 Å². The van der Waals surface area contributed by atoms with Crippen LogP contribution in [0, 0.1) is 22.7 Å². The molecule has 2 aliphatic carbocycles. The first-order valence-electron chi connectivity index (χ1n) is 7.52. The number of hydrogen-bond acceptors (Lipinski definition) is 2. The van der Waals surface area contributed by atoms with Crippen molar-refractivity contribution in [3.8, 4) is 0 Å². The molecule has 1 N–H and O–H groups in total. The van der Waals surface area contributed by atoms with Crippen LogP contribution in [0.25, 0.3) is 0 Å². The average Bonchev–Trinajstić information content (AvgIpc) is 2.49. The molecule has 0 heterocycles. The van der Waals surface area contributed by atoms with Gasteiger partial charge in [-0.25, -0.2) is 0 Å². The number of ether oxygens (including phenoxy) is 1. The predicted molar refractivity (Wildman–Crippen MR) is 74.4 cm³/mol. The van der Waals surface area contributed by atoms with Gasteiger partial charge in [0.15, 0.2) is 0 Å². The highest BCUT2D eigenvalue weighted by molar-refractivity contribution is 5.05. The lowest BCUT2D eigenvalue weighted by atomic mass is 9.64. The molecule has 0 aromatic carbocycles. The van der Waals surface area contributed by atoms with E-state index in [1.165, 1.54) is 6.42 Å². The smallest absolute Gasteiger partial charge is 0.0632 e. The molecule has 2 nitrogen and oxygen atoms in total. The fourth-order valence-corrected chi connectivity index (χ4v) is 4.74. The molecule has 0 aromatic rings.